The van der Waals surface area contributed by atoms with Crippen LogP contribution >= 0.6 is 0 Å². The van der Waals surface area contributed by atoms with Crippen molar-refractivity contribution in [1.82, 2.24) is 0 Å². The second-order valence-corrected chi connectivity index (χ2v) is 3.95. The van der Waals surface area contributed by atoms with E-state index in [2.05, 4.69) is 4.79 Å². The first kappa shape index (κ1) is 14.0. The minimum absolute atomic E-state index is 0.735. The Kier molecular flexibility index (Phi) is 4.53. The van der Waals surface area contributed by atoms with E-state index in [9.17, 15) is 14.4 Å². The molecular formula is C9H13N2O5+. The van der Waals surface area contributed by atoms with Crippen LogP contribution in [0.5, 0.6) is 0 Å². The van der Waals surface area contributed by atoms with E-state index in [4.69, 9.17) is 15.4 Å². The summed E-state index contributed by atoms with van der Waals surface area (Å²) in [5.41, 5.74) is 4.75. The highest BCUT2D eigenvalue weighted by Gasteiger charge is 2.34. The van der Waals surface area contributed by atoms with Gasteiger partial charge < -0.3 is 9.84 Å². The largest absolute Gasteiger partial charge is 0.490 e. The zero-order chi connectivity index (χ0) is 12.9. The molecule has 0 amide bonds. The number of Topliss-reactive ketones (excluding diaryl/α,β-unsaturated/α-hetero) is 1. The third kappa shape index (κ3) is 5.02. The van der Waals surface area contributed by atoms with Gasteiger partial charge in [0.1, 0.15) is 12.0 Å². The Hall–Kier alpha value is -2.01. The Morgan fingerprint density at radius 3 is 2.12 bits per heavy atom. The van der Waals surface area contributed by atoms with Crippen molar-refractivity contribution in [3.05, 3.63) is 0 Å². The molecule has 0 saturated carbocycles. The van der Waals surface area contributed by atoms with E-state index < -0.39 is 35.5 Å². The number of carbonyl (C=O) groups excluding carboxylic acids is 2. The van der Waals surface area contributed by atoms with Crippen molar-refractivity contribution in [2.24, 2.45) is 0 Å². The molecule has 0 atom stereocenters. The number of ether oxygens (including phenoxy) is 1. The third-order valence-corrected chi connectivity index (χ3v) is 1.30. The average molecular weight is 229 g/mol. The van der Waals surface area contributed by atoms with Crippen LogP contribution in [-0.2, 0) is 19.1 Å². The van der Waals surface area contributed by atoms with E-state index in [0.29, 0.717) is 0 Å². The van der Waals surface area contributed by atoms with Crippen LogP contribution in [0, 0.1) is 5.53 Å². The molecule has 0 saturated heterocycles. The molecule has 0 heterocycles. The van der Waals surface area contributed by atoms with Crippen LogP contribution in [0.1, 0.15) is 27.2 Å². The second kappa shape index (κ2) is 5.18. The first-order valence-corrected chi connectivity index (χ1v) is 4.40. The minimum atomic E-state index is -1.64. The van der Waals surface area contributed by atoms with Crippen molar-refractivity contribution in [2.45, 2.75) is 32.8 Å². The van der Waals surface area contributed by atoms with Gasteiger partial charge in [0, 0.05) is 0 Å². The lowest BCUT2D eigenvalue weighted by atomic mass is 10.1. The molecule has 88 valence electrons. The van der Waals surface area contributed by atoms with Gasteiger partial charge in [0.05, 0.1) is 10.3 Å². The summed E-state index contributed by atoms with van der Waals surface area (Å²) in [6.07, 6.45) is -0.735. The summed E-state index contributed by atoms with van der Waals surface area (Å²) in [4.78, 5) is 35.3. The number of carboxylic acid groups (broad SMARTS) is 1. The molecule has 0 spiro atoms. The Bertz CT molecular complexity index is 374. The van der Waals surface area contributed by atoms with Crippen LogP contribution in [-0.4, -0.2) is 38.9 Å². The minimum Gasteiger partial charge on any atom is -0.472 e. The Morgan fingerprint density at radius 1 is 1.31 bits per heavy atom. The SMILES string of the molecule is CC(C)(C)OC(=O)CC(=O)C(=[N+]=N)C(=O)O. The monoisotopic (exact) mass is 229 g/mol. The molecule has 7 nitrogen and oxygen atoms in total. The van der Waals surface area contributed by atoms with Crippen LogP contribution in [0.25, 0.3) is 0 Å². The lowest BCUT2D eigenvalue weighted by molar-refractivity contribution is -0.159. The Balaban J connectivity index is 4.53. The van der Waals surface area contributed by atoms with Crippen molar-refractivity contribution in [1.29, 1.82) is 5.53 Å². The molecule has 7 heteroatoms. The highest BCUT2D eigenvalue weighted by Crippen LogP contribution is 2.08. The predicted octanol–water partition coefficient (Wildman–Crippen LogP) is 0.0521. The van der Waals surface area contributed by atoms with Gasteiger partial charge in [-0.2, -0.15) is 0 Å². The number of carboxylic acids is 1. The van der Waals surface area contributed by atoms with E-state index in [0.717, 1.165) is 0 Å². The molecular weight excluding hydrogens is 216 g/mol. The molecule has 0 aromatic rings. The fraction of sp³-hybridized carbons (Fsp3) is 0.556. The van der Waals surface area contributed by atoms with Gasteiger partial charge >= 0.3 is 17.7 Å². The zero-order valence-electron chi connectivity index (χ0n) is 9.23. The number of hydrogen-bond donors (Lipinski definition) is 2. The van der Waals surface area contributed by atoms with Crippen LogP contribution in [0.3, 0.4) is 0 Å². The van der Waals surface area contributed by atoms with E-state index in [1.54, 1.807) is 20.8 Å². The molecule has 0 aliphatic carbocycles. The zero-order valence-corrected chi connectivity index (χ0v) is 9.23. The summed E-state index contributed by atoms with van der Waals surface area (Å²) >= 11 is 0. The van der Waals surface area contributed by atoms with Crippen molar-refractivity contribution in [2.75, 3.05) is 0 Å². The number of ketones is 1. The summed E-state index contributed by atoms with van der Waals surface area (Å²) in [5, 5.41) is 8.47. The predicted molar refractivity (Wildman–Crippen MR) is 51.1 cm³/mol. The van der Waals surface area contributed by atoms with Gasteiger partial charge in [0.2, 0.25) is 0 Å². The summed E-state index contributed by atoms with van der Waals surface area (Å²) in [7, 11) is 0. The number of hydrogen-bond acceptors (Lipinski definition) is 5. The Morgan fingerprint density at radius 2 is 1.81 bits per heavy atom. The highest BCUT2D eigenvalue weighted by atomic mass is 16.6. The Labute approximate surface area is 91.6 Å². The van der Waals surface area contributed by atoms with Crippen LogP contribution in [0.4, 0.5) is 0 Å². The molecule has 0 aromatic heterocycles. The normalized spacial score (nSPS) is 10.2. The average Bonchev–Trinajstić information content (AvgIpc) is 1.99. The van der Waals surface area contributed by atoms with Crippen LogP contribution < -0.4 is 0 Å². The summed E-state index contributed by atoms with van der Waals surface area (Å²) in [5.74, 6) is -3.53. The van der Waals surface area contributed by atoms with Gasteiger partial charge in [-0.1, -0.05) is 0 Å². The highest BCUT2D eigenvalue weighted by molar-refractivity contribution is 6.62. The van der Waals surface area contributed by atoms with Crippen molar-refractivity contribution < 1.29 is 29.0 Å². The van der Waals surface area contributed by atoms with Gasteiger partial charge in [0.15, 0.2) is 0 Å². The van der Waals surface area contributed by atoms with E-state index in [-0.39, 0.29) is 0 Å². The first-order chi connectivity index (χ1) is 7.17. The fourth-order valence-corrected chi connectivity index (χ4v) is 0.822. The fourth-order valence-electron chi connectivity index (χ4n) is 0.822. The molecule has 0 fully saturated rings. The van der Waals surface area contributed by atoms with E-state index in [1.807, 2.05) is 0 Å². The van der Waals surface area contributed by atoms with Gasteiger partial charge in [-0.3, -0.25) is 9.59 Å². The molecule has 0 rings (SSSR count). The second-order valence-electron chi connectivity index (χ2n) is 3.95. The quantitative estimate of drug-likeness (QED) is 0.232. The summed E-state index contributed by atoms with van der Waals surface area (Å²) < 4.78 is 4.81. The maximum absolute atomic E-state index is 11.2. The smallest absolute Gasteiger partial charge is 0.472 e. The van der Waals surface area contributed by atoms with Gasteiger partial charge in [0.25, 0.3) is 5.78 Å². The number of aliphatic carboxylic acids is 1. The summed E-state index contributed by atoms with van der Waals surface area (Å²) in [6.45, 7) is 4.85. The topological polar surface area (TPSA) is 119 Å². The van der Waals surface area contributed by atoms with Gasteiger partial charge in [-0.15, -0.1) is 0 Å². The first-order valence-electron chi connectivity index (χ1n) is 4.40. The molecule has 0 aliphatic heterocycles. The maximum Gasteiger partial charge on any atom is 0.490 e. The van der Waals surface area contributed by atoms with Crippen molar-refractivity contribution in [3.8, 4) is 0 Å². The third-order valence-electron chi connectivity index (χ3n) is 1.30. The van der Waals surface area contributed by atoms with E-state index >= 15 is 0 Å². The van der Waals surface area contributed by atoms with Gasteiger partial charge in [-0.05, 0) is 20.8 Å². The number of esters is 1. The number of carbonyl (C=O) groups is 3. The summed E-state index contributed by atoms with van der Waals surface area (Å²) in [6, 6.07) is 0. The number of rotatable bonds is 4. The van der Waals surface area contributed by atoms with Crippen LogP contribution in [0.15, 0.2) is 0 Å². The number of nitrogens with one attached hydrogen (secondary N) is 1. The lowest BCUT2D eigenvalue weighted by Gasteiger charge is -2.18. The lowest BCUT2D eigenvalue weighted by Crippen LogP contribution is -2.30. The molecule has 16 heavy (non-hydrogen) atoms. The molecule has 0 aromatic carbocycles. The molecule has 0 bridgehead atoms. The van der Waals surface area contributed by atoms with E-state index in [1.165, 1.54) is 0 Å². The standard InChI is InChI=1S/C9H12N2O5/c1-9(2,3)16-6(13)4-5(12)7(11-10)8(14)15/h10H,4H2,1-3H3/p+1. The maximum atomic E-state index is 11.2. The van der Waals surface area contributed by atoms with Gasteiger partial charge in [-0.25, -0.2) is 4.79 Å². The molecule has 0 unspecified atom stereocenters. The number of nitrogens with zero attached hydrogens (tertiary/aromatic N) is 1. The molecule has 0 aliphatic rings. The van der Waals surface area contributed by atoms with Crippen molar-refractivity contribution in [3.63, 3.8) is 0 Å². The molecule has 0 radical (unpaired) electrons. The molecule has 2 N–H and O–H groups in total. The van der Waals surface area contributed by atoms with Crippen molar-refractivity contribution >= 4 is 23.4 Å². The van der Waals surface area contributed by atoms with Crippen LogP contribution in [0.2, 0.25) is 0 Å².